The molecular formula is C14H24O. The predicted octanol–water partition coefficient (Wildman–Crippen LogP) is 3.39. The van der Waals surface area contributed by atoms with Crippen LogP contribution in [0, 0.1) is 23.2 Å². The molecule has 0 spiro atoms. The second kappa shape index (κ2) is 3.35. The van der Waals surface area contributed by atoms with E-state index in [1.165, 1.54) is 19.3 Å². The maximum Gasteiger partial charge on any atom is 0.0689 e. The summed E-state index contributed by atoms with van der Waals surface area (Å²) in [5.41, 5.74) is -0.236. The topological polar surface area (TPSA) is 20.2 Å². The molecule has 2 fully saturated rings. The van der Waals surface area contributed by atoms with Crippen LogP contribution in [0.5, 0.6) is 0 Å². The maximum atomic E-state index is 10.6. The Morgan fingerprint density at radius 2 is 2.13 bits per heavy atom. The average Bonchev–Trinajstić information content (AvgIpc) is 2.59. The van der Waals surface area contributed by atoms with Gasteiger partial charge in [-0.1, -0.05) is 19.9 Å². The summed E-state index contributed by atoms with van der Waals surface area (Å²) in [5.74, 6) is 2.05. The summed E-state index contributed by atoms with van der Waals surface area (Å²) in [4.78, 5) is 0. The Bertz CT molecular complexity index is 265. The Morgan fingerprint density at radius 3 is 2.60 bits per heavy atom. The summed E-state index contributed by atoms with van der Waals surface area (Å²) < 4.78 is 0. The molecule has 2 saturated carbocycles. The molecule has 0 amide bonds. The van der Waals surface area contributed by atoms with E-state index in [4.69, 9.17) is 0 Å². The summed E-state index contributed by atoms with van der Waals surface area (Å²) in [6, 6.07) is 0. The van der Waals surface area contributed by atoms with Gasteiger partial charge in [0.15, 0.2) is 0 Å². The van der Waals surface area contributed by atoms with Gasteiger partial charge in [-0.25, -0.2) is 0 Å². The third kappa shape index (κ3) is 1.56. The van der Waals surface area contributed by atoms with Gasteiger partial charge in [-0.15, -0.1) is 6.58 Å². The van der Waals surface area contributed by atoms with Crippen molar-refractivity contribution in [1.82, 2.24) is 0 Å². The number of rotatable bonds is 3. The molecule has 4 unspecified atom stereocenters. The van der Waals surface area contributed by atoms with Crippen molar-refractivity contribution in [3.05, 3.63) is 12.7 Å². The van der Waals surface area contributed by atoms with Gasteiger partial charge in [0.25, 0.3) is 0 Å². The quantitative estimate of drug-likeness (QED) is 0.705. The number of aliphatic hydroxyl groups is 1. The Labute approximate surface area is 93.6 Å². The molecule has 0 aliphatic heterocycles. The number of fused-ring (bicyclic) bond motifs is 2. The van der Waals surface area contributed by atoms with Gasteiger partial charge >= 0.3 is 0 Å². The van der Waals surface area contributed by atoms with Gasteiger partial charge in [-0.3, -0.25) is 0 Å². The highest BCUT2D eigenvalue weighted by Gasteiger charge is 2.57. The molecule has 0 radical (unpaired) electrons. The summed E-state index contributed by atoms with van der Waals surface area (Å²) in [6.45, 7) is 10.5. The average molecular weight is 208 g/mol. The number of hydrogen-bond acceptors (Lipinski definition) is 1. The normalized spacial score (nSPS) is 41.5. The largest absolute Gasteiger partial charge is 0.390 e. The predicted molar refractivity (Wildman–Crippen MR) is 63.5 cm³/mol. The lowest BCUT2D eigenvalue weighted by Crippen LogP contribution is -2.46. The van der Waals surface area contributed by atoms with Gasteiger partial charge in [-0.2, -0.15) is 0 Å². The van der Waals surface area contributed by atoms with Crippen LogP contribution in [0.1, 0.15) is 46.5 Å². The standard InChI is InChI=1S/C14H24O/c1-5-8-14(4,15)12-10-6-7-11(9-10)13(12,2)3/h5,10-12,15H,1,6-9H2,2-4H3. The first-order valence-electron chi connectivity index (χ1n) is 6.23. The van der Waals surface area contributed by atoms with Crippen LogP contribution in [0.2, 0.25) is 0 Å². The van der Waals surface area contributed by atoms with Gasteiger partial charge in [0.05, 0.1) is 5.60 Å². The van der Waals surface area contributed by atoms with E-state index in [-0.39, 0.29) is 0 Å². The minimum Gasteiger partial charge on any atom is -0.390 e. The Kier molecular flexibility index (Phi) is 2.50. The molecule has 4 atom stereocenters. The maximum absolute atomic E-state index is 10.6. The Hall–Kier alpha value is -0.300. The van der Waals surface area contributed by atoms with Crippen LogP contribution in [0.15, 0.2) is 12.7 Å². The first kappa shape index (κ1) is 11.2. The summed E-state index contributed by atoms with van der Waals surface area (Å²) >= 11 is 0. The smallest absolute Gasteiger partial charge is 0.0689 e. The zero-order chi connectivity index (χ0) is 11.3. The van der Waals surface area contributed by atoms with Crippen LogP contribution >= 0.6 is 0 Å². The monoisotopic (exact) mass is 208 g/mol. The highest BCUT2D eigenvalue weighted by Crippen LogP contribution is 2.62. The van der Waals surface area contributed by atoms with Crippen LogP contribution in [-0.2, 0) is 0 Å². The summed E-state index contributed by atoms with van der Waals surface area (Å²) in [5, 5.41) is 10.6. The van der Waals surface area contributed by atoms with E-state index in [1.54, 1.807) is 0 Å². The molecule has 0 heterocycles. The van der Waals surface area contributed by atoms with Gasteiger partial charge in [0, 0.05) is 0 Å². The first-order chi connectivity index (χ1) is 6.89. The van der Waals surface area contributed by atoms with E-state index >= 15 is 0 Å². The molecule has 0 aromatic carbocycles. The van der Waals surface area contributed by atoms with Crippen molar-refractivity contribution in [2.45, 2.75) is 52.1 Å². The molecule has 1 heteroatoms. The van der Waals surface area contributed by atoms with Crippen LogP contribution in [-0.4, -0.2) is 10.7 Å². The Morgan fingerprint density at radius 1 is 1.47 bits per heavy atom. The molecule has 15 heavy (non-hydrogen) atoms. The summed E-state index contributed by atoms with van der Waals surface area (Å²) in [7, 11) is 0. The lowest BCUT2D eigenvalue weighted by Gasteiger charge is -2.46. The van der Waals surface area contributed by atoms with Gasteiger partial charge in [0.1, 0.15) is 0 Å². The third-order valence-corrected chi connectivity index (χ3v) is 5.03. The van der Waals surface area contributed by atoms with Crippen molar-refractivity contribution in [2.75, 3.05) is 0 Å². The molecule has 2 rings (SSSR count). The molecule has 0 saturated heterocycles. The lowest BCUT2D eigenvalue weighted by atomic mass is 9.62. The zero-order valence-corrected chi connectivity index (χ0v) is 10.3. The van der Waals surface area contributed by atoms with Crippen LogP contribution in [0.4, 0.5) is 0 Å². The molecule has 1 N–H and O–H groups in total. The highest BCUT2D eigenvalue weighted by atomic mass is 16.3. The second-order valence-electron chi connectivity index (χ2n) is 6.42. The van der Waals surface area contributed by atoms with Crippen molar-refractivity contribution in [1.29, 1.82) is 0 Å². The molecule has 2 aliphatic carbocycles. The first-order valence-corrected chi connectivity index (χ1v) is 6.23. The van der Waals surface area contributed by atoms with Crippen LogP contribution in [0.3, 0.4) is 0 Å². The molecule has 86 valence electrons. The van der Waals surface area contributed by atoms with Crippen molar-refractivity contribution >= 4 is 0 Å². The molecule has 1 nitrogen and oxygen atoms in total. The van der Waals surface area contributed by atoms with Crippen molar-refractivity contribution in [2.24, 2.45) is 23.2 Å². The minimum atomic E-state index is -0.551. The lowest BCUT2D eigenvalue weighted by molar-refractivity contribution is -0.0756. The van der Waals surface area contributed by atoms with Crippen LogP contribution in [0.25, 0.3) is 0 Å². The molecule has 2 bridgehead atoms. The fourth-order valence-corrected chi connectivity index (χ4v) is 4.58. The van der Waals surface area contributed by atoms with E-state index in [1.807, 2.05) is 13.0 Å². The molecule has 0 aromatic heterocycles. The minimum absolute atomic E-state index is 0.315. The van der Waals surface area contributed by atoms with Gasteiger partial charge < -0.3 is 5.11 Å². The van der Waals surface area contributed by atoms with Gasteiger partial charge in [0.2, 0.25) is 0 Å². The Balaban J connectivity index is 2.25. The number of hydrogen-bond donors (Lipinski definition) is 1. The fraction of sp³-hybridized carbons (Fsp3) is 0.857. The molecule has 0 aromatic rings. The fourth-order valence-electron chi connectivity index (χ4n) is 4.58. The van der Waals surface area contributed by atoms with E-state index in [0.29, 0.717) is 11.3 Å². The van der Waals surface area contributed by atoms with E-state index in [9.17, 15) is 5.11 Å². The zero-order valence-electron chi connectivity index (χ0n) is 10.3. The van der Waals surface area contributed by atoms with Crippen LogP contribution < -0.4 is 0 Å². The van der Waals surface area contributed by atoms with Crippen molar-refractivity contribution < 1.29 is 5.11 Å². The second-order valence-corrected chi connectivity index (χ2v) is 6.42. The summed E-state index contributed by atoms with van der Waals surface area (Å²) in [6.07, 6.45) is 6.63. The van der Waals surface area contributed by atoms with Crippen molar-refractivity contribution in [3.63, 3.8) is 0 Å². The van der Waals surface area contributed by atoms with E-state index < -0.39 is 5.60 Å². The molecule has 2 aliphatic rings. The molecular weight excluding hydrogens is 184 g/mol. The third-order valence-electron chi connectivity index (χ3n) is 5.03. The van der Waals surface area contributed by atoms with Crippen molar-refractivity contribution in [3.8, 4) is 0 Å². The highest BCUT2D eigenvalue weighted by molar-refractivity contribution is 5.08. The van der Waals surface area contributed by atoms with E-state index in [0.717, 1.165) is 18.3 Å². The van der Waals surface area contributed by atoms with Gasteiger partial charge in [-0.05, 0) is 55.8 Å². The van der Waals surface area contributed by atoms with E-state index in [2.05, 4.69) is 20.4 Å². The SMILES string of the molecule is C=CCC(C)(O)C1C2CCC(C2)C1(C)C.